The largest absolute Gasteiger partial charge is 0.392 e. The number of hydrogen-bond acceptors (Lipinski definition) is 0. The topological polar surface area (TPSA) is 0 Å². The Morgan fingerprint density at radius 3 is 2.36 bits per heavy atom. The fraction of sp³-hybridized carbons (Fsp3) is 0.474. The molecule has 2 rings (SSSR count). The first kappa shape index (κ1) is 16.7. The summed E-state index contributed by atoms with van der Waals surface area (Å²) in [4.78, 5) is 0. The van der Waals surface area contributed by atoms with Gasteiger partial charge in [0.15, 0.2) is 0 Å². The lowest BCUT2D eigenvalue weighted by Gasteiger charge is -2.32. The molecule has 0 spiro atoms. The standard InChI is InChI=1S/C19H21F3/c1-18(2,13-12-15-6-4-3-5-7-15)17-10-8-16(9-11-17)14-19(20,21)22/h3-8,17H,9-11,14H2,1-2H3. The first-order valence-corrected chi connectivity index (χ1v) is 7.59. The summed E-state index contributed by atoms with van der Waals surface area (Å²) in [5.41, 5.74) is 1.30. The second-order valence-electron chi connectivity index (χ2n) is 6.46. The quantitative estimate of drug-likeness (QED) is 0.482. The van der Waals surface area contributed by atoms with Crippen LogP contribution < -0.4 is 0 Å². The highest BCUT2D eigenvalue weighted by molar-refractivity contribution is 5.35. The van der Waals surface area contributed by atoms with Crippen molar-refractivity contribution in [2.24, 2.45) is 11.3 Å². The molecule has 0 N–H and O–H groups in total. The van der Waals surface area contributed by atoms with Crippen molar-refractivity contribution in [3.8, 4) is 11.8 Å². The van der Waals surface area contributed by atoms with Gasteiger partial charge in [0.2, 0.25) is 0 Å². The van der Waals surface area contributed by atoms with Gasteiger partial charge in [-0.05, 0) is 51.2 Å². The van der Waals surface area contributed by atoms with Gasteiger partial charge in [0.05, 0.1) is 6.42 Å². The number of halogens is 3. The molecule has 1 aliphatic carbocycles. The summed E-state index contributed by atoms with van der Waals surface area (Å²) < 4.78 is 37.2. The van der Waals surface area contributed by atoms with Crippen LogP contribution in [0, 0.1) is 23.2 Å². The lowest BCUT2D eigenvalue weighted by atomic mass is 9.72. The Balaban J connectivity index is 2.02. The van der Waals surface area contributed by atoms with Crippen molar-refractivity contribution in [3.05, 3.63) is 47.5 Å². The molecule has 0 saturated carbocycles. The lowest BCUT2D eigenvalue weighted by molar-refractivity contribution is -0.127. The van der Waals surface area contributed by atoms with Gasteiger partial charge in [-0.3, -0.25) is 0 Å². The molecule has 0 radical (unpaired) electrons. The summed E-state index contributed by atoms with van der Waals surface area (Å²) in [6.45, 7) is 4.16. The van der Waals surface area contributed by atoms with E-state index in [0.29, 0.717) is 24.3 Å². The highest BCUT2D eigenvalue weighted by Crippen LogP contribution is 2.39. The number of allylic oxidation sites excluding steroid dienone is 2. The van der Waals surface area contributed by atoms with Gasteiger partial charge >= 0.3 is 6.18 Å². The Hall–Kier alpha value is -1.69. The average molecular weight is 306 g/mol. The molecular weight excluding hydrogens is 285 g/mol. The molecule has 1 unspecified atom stereocenters. The maximum Gasteiger partial charge on any atom is 0.392 e. The minimum atomic E-state index is -4.10. The van der Waals surface area contributed by atoms with Crippen molar-refractivity contribution in [1.29, 1.82) is 0 Å². The van der Waals surface area contributed by atoms with E-state index < -0.39 is 12.6 Å². The fourth-order valence-corrected chi connectivity index (χ4v) is 2.82. The maximum atomic E-state index is 12.4. The zero-order chi connectivity index (χ0) is 16.2. The Morgan fingerprint density at radius 1 is 1.14 bits per heavy atom. The van der Waals surface area contributed by atoms with Gasteiger partial charge < -0.3 is 0 Å². The Morgan fingerprint density at radius 2 is 1.82 bits per heavy atom. The van der Waals surface area contributed by atoms with Crippen LogP contribution in [-0.4, -0.2) is 6.18 Å². The third kappa shape index (κ3) is 4.94. The molecule has 118 valence electrons. The van der Waals surface area contributed by atoms with Crippen molar-refractivity contribution < 1.29 is 13.2 Å². The van der Waals surface area contributed by atoms with Crippen molar-refractivity contribution in [3.63, 3.8) is 0 Å². The Labute approximate surface area is 130 Å². The number of benzene rings is 1. The van der Waals surface area contributed by atoms with E-state index in [0.717, 1.165) is 12.0 Å². The van der Waals surface area contributed by atoms with E-state index in [2.05, 4.69) is 25.7 Å². The highest BCUT2D eigenvalue weighted by atomic mass is 19.4. The van der Waals surface area contributed by atoms with Crippen molar-refractivity contribution in [2.75, 3.05) is 0 Å². The predicted octanol–water partition coefficient (Wildman–Crippen LogP) is 5.74. The van der Waals surface area contributed by atoms with Gasteiger partial charge in [-0.25, -0.2) is 0 Å². The van der Waals surface area contributed by atoms with Crippen LogP contribution in [-0.2, 0) is 0 Å². The molecule has 3 heteroatoms. The summed E-state index contributed by atoms with van der Waals surface area (Å²) in [6.07, 6.45) is -1.11. The monoisotopic (exact) mass is 306 g/mol. The van der Waals surface area contributed by atoms with E-state index in [-0.39, 0.29) is 5.41 Å². The van der Waals surface area contributed by atoms with Crippen LogP contribution in [0.3, 0.4) is 0 Å². The molecule has 1 aromatic carbocycles. The van der Waals surface area contributed by atoms with Crippen molar-refractivity contribution in [2.45, 2.75) is 45.7 Å². The Kier molecular flexibility index (Phi) is 5.01. The van der Waals surface area contributed by atoms with Crippen LogP contribution in [0.25, 0.3) is 0 Å². The molecule has 1 atom stereocenters. The maximum absolute atomic E-state index is 12.4. The Bertz CT molecular complexity index is 583. The minimum Gasteiger partial charge on any atom is -0.171 e. The summed E-state index contributed by atoms with van der Waals surface area (Å²) in [6, 6.07) is 9.77. The van der Waals surface area contributed by atoms with Gasteiger partial charge in [0.25, 0.3) is 0 Å². The molecule has 0 heterocycles. The predicted molar refractivity (Wildman–Crippen MR) is 83.2 cm³/mol. The summed E-state index contributed by atoms with van der Waals surface area (Å²) >= 11 is 0. The average Bonchev–Trinajstić information content (AvgIpc) is 2.45. The molecule has 0 fully saturated rings. The van der Waals surface area contributed by atoms with E-state index >= 15 is 0 Å². The van der Waals surface area contributed by atoms with E-state index in [1.807, 2.05) is 30.3 Å². The number of alkyl halides is 3. The van der Waals surface area contributed by atoms with E-state index in [1.165, 1.54) is 0 Å². The first-order valence-electron chi connectivity index (χ1n) is 7.59. The minimum absolute atomic E-state index is 0.198. The zero-order valence-corrected chi connectivity index (χ0v) is 13.0. The highest BCUT2D eigenvalue weighted by Gasteiger charge is 2.33. The zero-order valence-electron chi connectivity index (χ0n) is 13.0. The van der Waals surface area contributed by atoms with Crippen LogP contribution in [0.5, 0.6) is 0 Å². The summed E-state index contributed by atoms with van der Waals surface area (Å²) in [5, 5.41) is 0. The van der Waals surface area contributed by atoms with Gasteiger partial charge in [-0.15, -0.1) is 0 Å². The smallest absolute Gasteiger partial charge is 0.171 e. The van der Waals surface area contributed by atoms with Crippen LogP contribution >= 0.6 is 0 Å². The van der Waals surface area contributed by atoms with E-state index in [4.69, 9.17) is 0 Å². The third-order valence-corrected chi connectivity index (χ3v) is 4.26. The molecule has 0 amide bonds. The van der Waals surface area contributed by atoms with Gasteiger partial charge in [0, 0.05) is 11.0 Å². The SMILES string of the molecule is CC(C)(C#Cc1ccccc1)C1CC=C(CC(F)(F)F)CC1. The normalized spacial score (nSPS) is 19.1. The first-order chi connectivity index (χ1) is 10.3. The third-order valence-electron chi connectivity index (χ3n) is 4.26. The van der Waals surface area contributed by atoms with Crippen LogP contribution in [0.1, 0.15) is 45.1 Å². The molecule has 0 aromatic heterocycles. The van der Waals surface area contributed by atoms with Crippen molar-refractivity contribution >= 4 is 0 Å². The molecule has 22 heavy (non-hydrogen) atoms. The molecule has 1 aliphatic rings. The van der Waals surface area contributed by atoms with Gasteiger partial charge in [0.1, 0.15) is 0 Å². The molecule has 1 aromatic rings. The van der Waals surface area contributed by atoms with E-state index in [9.17, 15) is 13.2 Å². The van der Waals surface area contributed by atoms with Crippen LogP contribution in [0.4, 0.5) is 13.2 Å². The van der Waals surface area contributed by atoms with Crippen LogP contribution in [0.15, 0.2) is 42.0 Å². The number of rotatable bonds is 2. The lowest BCUT2D eigenvalue weighted by Crippen LogP contribution is -2.25. The molecule has 0 saturated heterocycles. The van der Waals surface area contributed by atoms with Gasteiger partial charge in [-0.2, -0.15) is 13.2 Å². The molecule has 0 aliphatic heterocycles. The van der Waals surface area contributed by atoms with Crippen LogP contribution in [0.2, 0.25) is 0 Å². The van der Waals surface area contributed by atoms with Crippen molar-refractivity contribution in [1.82, 2.24) is 0 Å². The summed E-state index contributed by atoms with van der Waals surface area (Å²) in [7, 11) is 0. The van der Waals surface area contributed by atoms with Gasteiger partial charge in [-0.1, -0.05) is 41.7 Å². The molecular formula is C19H21F3. The molecule has 0 bridgehead atoms. The van der Waals surface area contributed by atoms with E-state index in [1.54, 1.807) is 6.08 Å². The fourth-order valence-electron chi connectivity index (χ4n) is 2.82. The molecule has 0 nitrogen and oxygen atoms in total. The summed E-state index contributed by atoms with van der Waals surface area (Å²) in [5.74, 6) is 6.79. The second kappa shape index (κ2) is 6.60. The second-order valence-corrected chi connectivity index (χ2v) is 6.46. The number of hydrogen-bond donors (Lipinski definition) is 0.